The number of thioether (sulfide) groups is 1. The molecule has 0 aromatic carbocycles. The van der Waals surface area contributed by atoms with Crippen molar-refractivity contribution in [1.82, 2.24) is 4.90 Å². The molecule has 56 valence electrons. The number of aliphatic hydroxyl groups is 1. The maximum absolute atomic E-state index is 9.15. The fourth-order valence-corrected chi connectivity index (χ4v) is 1.52. The molecule has 0 bridgehead atoms. The summed E-state index contributed by atoms with van der Waals surface area (Å²) < 4.78 is 0. The van der Waals surface area contributed by atoms with Gasteiger partial charge in [0.25, 0.3) is 0 Å². The van der Waals surface area contributed by atoms with Crippen molar-refractivity contribution in [2.24, 2.45) is 0 Å². The van der Waals surface area contributed by atoms with Crippen molar-refractivity contribution in [2.45, 2.75) is 13.0 Å². The van der Waals surface area contributed by atoms with E-state index in [9.17, 15) is 0 Å². The van der Waals surface area contributed by atoms with Gasteiger partial charge in [0.05, 0.1) is 6.10 Å². The molecule has 1 rings (SSSR count). The molecule has 1 N–H and O–H groups in total. The van der Waals surface area contributed by atoms with Crippen molar-refractivity contribution in [3.63, 3.8) is 0 Å². The summed E-state index contributed by atoms with van der Waals surface area (Å²) in [4.78, 5) is 2.92. The standard InChI is InChI=1S/C7H11NOS/c1-6(9)7-5-8(2)3-4-10-7/h3-6,9H,1-2H3. The number of nitrogens with zero attached hydrogens (tertiary/aromatic N) is 1. The summed E-state index contributed by atoms with van der Waals surface area (Å²) >= 11 is 1.56. The first-order valence-corrected chi connectivity index (χ1v) is 4.03. The van der Waals surface area contributed by atoms with Crippen molar-refractivity contribution >= 4 is 11.8 Å². The van der Waals surface area contributed by atoms with Gasteiger partial charge in [-0.05, 0) is 12.3 Å². The highest BCUT2D eigenvalue weighted by Crippen LogP contribution is 2.24. The maximum atomic E-state index is 9.15. The van der Waals surface area contributed by atoms with Crippen LogP contribution < -0.4 is 0 Å². The van der Waals surface area contributed by atoms with E-state index < -0.39 is 0 Å². The molecule has 0 saturated carbocycles. The predicted octanol–water partition coefficient (Wildman–Crippen LogP) is 1.36. The third-order valence-electron chi connectivity index (χ3n) is 1.24. The Bertz CT molecular complexity index is 174. The molecule has 1 heterocycles. The van der Waals surface area contributed by atoms with Gasteiger partial charge < -0.3 is 10.0 Å². The topological polar surface area (TPSA) is 23.5 Å². The second-order valence-electron chi connectivity index (χ2n) is 2.28. The number of hydrogen-bond acceptors (Lipinski definition) is 3. The molecule has 0 spiro atoms. The second kappa shape index (κ2) is 3.12. The second-order valence-corrected chi connectivity index (χ2v) is 3.26. The van der Waals surface area contributed by atoms with E-state index in [4.69, 9.17) is 5.11 Å². The Morgan fingerprint density at radius 1 is 1.70 bits per heavy atom. The summed E-state index contributed by atoms with van der Waals surface area (Å²) in [5, 5.41) is 11.1. The number of hydrogen-bond donors (Lipinski definition) is 1. The first-order valence-electron chi connectivity index (χ1n) is 3.15. The van der Waals surface area contributed by atoms with Crippen LogP contribution in [0.25, 0.3) is 0 Å². The Balaban J connectivity index is 2.62. The van der Waals surface area contributed by atoms with Crippen LogP contribution in [0.5, 0.6) is 0 Å². The molecule has 0 aliphatic carbocycles. The van der Waals surface area contributed by atoms with Crippen molar-refractivity contribution in [1.29, 1.82) is 0 Å². The van der Waals surface area contributed by atoms with Crippen LogP contribution in [0.15, 0.2) is 22.7 Å². The van der Waals surface area contributed by atoms with Gasteiger partial charge in [-0.1, -0.05) is 11.8 Å². The van der Waals surface area contributed by atoms with E-state index in [2.05, 4.69) is 0 Å². The Morgan fingerprint density at radius 2 is 2.40 bits per heavy atom. The number of rotatable bonds is 1. The van der Waals surface area contributed by atoms with Crippen molar-refractivity contribution in [2.75, 3.05) is 7.05 Å². The van der Waals surface area contributed by atoms with Gasteiger partial charge in [-0.15, -0.1) is 0 Å². The molecular formula is C7H11NOS. The molecule has 0 aromatic rings. The zero-order chi connectivity index (χ0) is 7.56. The van der Waals surface area contributed by atoms with Crippen LogP contribution in [0.4, 0.5) is 0 Å². The van der Waals surface area contributed by atoms with Gasteiger partial charge in [0.15, 0.2) is 0 Å². The Morgan fingerprint density at radius 3 is 2.80 bits per heavy atom. The van der Waals surface area contributed by atoms with E-state index in [1.807, 2.05) is 29.8 Å². The lowest BCUT2D eigenvalue weighted by molar-refractivity contribution is 0.238. The van der Waals surface area contributed by atoms with Crippen molar-refractivity contribution in [3.05, 3.63) is 22.7 Å². The van der Waals surface area contributed by atoms with E-state index in [1.54, 1.807) is 18.7 Å². The molecule has 1 aliphatic heterocycles. The Hall–Kier alpha value is -0.410. The van der Waals surface area contributed by atoms with Crippen molar-refractivity contribution < 1.29 is 5.11 Å². The Labute approximate surface area is 65.2 Å². The molecule has 10 heavy (non-hydrogen) atoms. The van der Waals surface area contributed by atoms with E-state index >= 15 is 0 Å². The molecule has 0 fully saturated rings. The first kappa shape index (κ1) is 7.69. The van der Waals surface area contributed by atoms with E-state index in [1.165, 1.54) is 0 Å². The van der Waals surface area contributed by atoms with Gasteiger partial charge in [-0.3, -0.25) is 0 Å². The highest BCUT2D eigenvalue weighted by atomic mass is 32.2. The van der Waals surface area contributed by atoms with E-state index in [0.29, 0.717) is 0 Å². The number of aliphatic hydroxyl groups excluding tert-OH is 1. The first-order chi connectivity index (χ1) is 4.70. The smallest absolute Gasteiger partial charge is 0.0838 e. The summed E-state index contributed by atoms with van der Waals surface area (Å²) in [6.45, 7) is 1.77. The van der Waals surface area contributed by atoms with Gasteiger partial charge >= 0.3 is 0 Å². The zero-order valence-electron chi connectivity index (χ0n) is 6.11. The van der Waals surface area contributed by atoms with Crippen LogP contribution >= 0.6 is 11.8 Å². The van der Waals surface area contributed by atoms with Gasteiger partial charge in [0, 0.05) is 24.4 Å². The van der Waals surface area contributed by atoms with E-state index in [-0.39, 0.29) is 6.10 Å². The monoisotopic (exact) mass is 157 g/mol. The molecule has 0 amide bonds. The summed E-state index contributed by atoms with van der Waals surface area (Å²) in [5.74, 6) is 0. The highest BCUT2D eigenvalue weighted by Gasteiger charge is 2.07. The average molecular weight is 157 g/mol. The quantitative estimate of drug-likeness (QED) is 0.621. The van der Waals surface area contributed by atoms with Gasteiger partial charge in [0.1, 0.15) is 0 Å². The SMILES string of the molecule is CC(O)C1=CN(C)C=CS1. The van der Waals surface area contributed by atoms with Crippen molar-refractivity contribution in [3.8, 4) is 0 Å². The van der Waals surface area contributed by atoms with Gasteiger partial charge in [0.2, 0.25) is 0 Å². The van der Waals surface area contributed by atoms with Gasteiger partial charge in [-0.2, -0.15) is 0 Å². The summed E-state index contributed by atoms with van der Waals surface area (Å²) in [5.41, 5.74) is 0. The van der Waals surface area contributed by atoms with E-state index in [0.717, 1.165) is 4.91 Å². The third kappa shape index (κ3) is 1.78. The summed E-state index contributed by atoms with van der Waals surface area (Å²) in [6.07, 6.45) is 3.53. The van der Waals surface area contributed by atoms with Crippen LogP contribution in [0.1, 0.15) is 6.92 Å². The van der Waals surface area contributed by atoms with Crippen LogP contribution in [0.2, 0.25) is 0 Å². The largest absolute Gasteiger partial charge is 0.388 e. The lowest BCUT2D eigenvalue weighted by Gasteiger charge is -2.17. The lowest BCUT2D eigenvalue weighted by Crippen LogP contribution is -2.10. The molecule has 3 heteroatoms. The molecule has 0 aromatic heterocycles. The lowest BCUT2D eigenvalue weighted by atomic mass is 10.4. The zero-order valence-corrected chi connectivity index (χ0v) is 6.93. The van der Waals surface area contributed by atoms with Crippen LogP contribution in [0.3, 0.4) is 0 Å². The molecule has 2 nitrogen and oxygen atoms in total. The molecule has 0 saturated heterocycles. The third-order valence-corrected chi connectivity index (χ3v) is 2.22. The minimum absolute atomic E-state index is 0.350. The maximum Gasteiger partial charge on any atom is 0.0838 e. The minimum Gasteiger partial charge on any atom is -0.388 e. The Kier molecular flexibility index (Phi) is 2.40. The van der Waals surface area contributed by atoms with Gasteiger partial charge in [-0.25, -0.2) is 0 Å². The molecule has 1 atom stereocenters. The predicted molar refractivity (Wildman–Crippen MR) is 44.3 cm³/mol. The van der Waals surface area contributed by atoms with Crippen LogP contribution in [0, 0.1) is 0 Å². The normalized spacial score (nSPS) is 20.7. The molecular weight excluding hydrogens is 146 g/mol. The fraction of sp³-hybridized carbons (Fsp3) is 0.429. The average Bonchev–Trinajstić information content (AvgIpc) is 1.88. The fourth-order valence-electron chi connectivity index (χ4n) is 0.685. The van der Waals surface area contributed by atoms with Crippen LogP contribution in [-0.2, 0) is 0 Å². The molecule has 1 unspecified atom stereocenters. The highest BCUT2D eigenvalue weighted by molar-refractivity contribution is 8.05. The minimum atomic E-state index is -0.350. The molecule has 0 radical (unpaired) electrons. The molecule has 1 aliphatic rings. The van der Waals surface area contributed by atoms with Crippen LogP contribution in [-0.4, -0.2) is 23.2 Å². The summed E-state index contributed by atoms with van der Waals surface area (Å²) in [6, 6.07) is 0. The summed E-state index contributed by atoms with van der Waals surface area (Å²) in [7, 11) is 1.94.